The van der Waals surface area contributed by atoms with Crippen LogP contribution < -0.4 is 5.73 Å². The van der Waals surface area contributed by atoms with Crippen molar-refractivity contribution in [3.8, 4) is 6.07 Å². The molecule has 6 nitrogen and oxygen atoms in total. The Kier molecular flexibility index (Phi) is 6.34. The third-order valence-corrected chi connectivity index (χ3v) is 3.88. The van der Waals surface area contributed by atoms with Crippen LogP contribution in [0.15, 0.2) is 30.3 Å². The molecule has 1 aromatic rings. The van der Waals surface area contributed by atoms with Crippen molar-refractivity contribution in [2.75, 3.05) is 18.6 Å². The fourth-order valence-corrected chi connectivity index (χ4v) is 2.48. The smallest absolute Gasteiger partial charge is 0.240 e. The Hall–Kier alpha value is -1.91. The summed E-state index contributed by atoms with van der Waals surface area (Å²) in [7, 11) is -3.17. The number of nitrogens with two attached hydrogens (primary N) is 1. The van der Waals surface area contributed by atoms with E-state index in [2.05, 4.69) is 0 Å². The van der Waals surface area contributed by atoms with Gasteiger partial charge >= 0.3 is 0 Å². The van der Waals surface area contributed by atoms with E-state index in [1.807, 2.05) is 36.4 Å². The highest BCUT2D eigenvalue weighted by molar-refractivity contribution is 7.90. The minimum Gasteiger partial charge on any atom is -0.324 e. The molecule has 1 rings (SSSR count). The average molecular weight is 309 g/mol. The SMILES string of the molecule is CS(=O)(=O)CCC(N)C(=O)N(CC#N)Cc1ccccc1. The number of amides is 1. The van der Waals surface area contributed by atoms with Gasteiger partial charge < -0.3 is 10.6 Å². The molecule has 0 aliphatic rings. The molecule has 0 fully saturated rings. The lowest BCUT2D eigenvalue weighted by Crippen LogP contribution is -2.44. The van der Waals surface area contributed by atoms with Crippen molar-refractivity contribution < 1.29 is 13.2 Å². The van der Waals surface area contributed by atoms with E-state index >= 15 is 0 Å². The van der Waals surface area contributed by atoms with E-state index in [1.54, 1.807) is 0 Å². The van der Waals surface area contributed by atoms with Crippen molar-refractivity contribution in [1.29, 1.82) is 5.26 Å². The minimum atomic E-state index is -3.17. The molecule has 114 valence electrons. The number of benzene rings is 1. The minimum absolute atomic E-state index is 0.0500. The first-order valence-corrected chi connectivity index (χ1v) is 8.52. The zero-order valence-corrected chi connectivity index (χ0v) is 12.7. The Morgan fingerprint density at radius 1 is 1.38 bits per heavy atom. The molecule has 1 amide bonds. The van der Waals surface area contributed by atoms with E-state index < -0.39 is 21.8 Å². The predicted molar refractivity (Wildman–Crippen MR) is 79.8 cm³/mol. The average Bonchev–Trinajstić information content (AvgIpc) is 2.44. The lowest BCUT2D eigenvalue weighted by molar-refractivity contribution is -0.132. The van der Waals surface area contributed by atoms with Crippen LogP contribution in [0.4, 0.5) is 0 Å². The molecular weight excluding hydrogens is 290 g/mol. The topological polar surface area (TPSA) is 104 Å². The number of sulfone groups is 1. The van der Waals surface area contributed by atoms with Gasteiger partial charge in [-0.3, -0.25) is 4.79 Å². The molecular formula is C14H19N3O3S. The summed E-state index contributed by atoms with van der Waals surface area (Å²) < 4.78 is 22.2. The molecule has 0 saturated carbocycles. The Bertz CT molecular complexity index is 608. The maximum atomic E-state index is 12.2. The van der Waals surface area contributed by atoms with Crippen LogP contribution in [0.5, 0.6) is 0 Å². The van der Waals surface area contributed by atoms with E-state index in [4.69, 9.17) is 11.0 Å². The van der Waals surface area contributed by atoms with Gasteiger partial charge in [-0.15, -0.1) is 0 Å². The Balaban J connectivity index is 2.71. The van der Waals surface area contributed by atoms with Gasteiger partial charge in [0.25, 0.3) is 0 Å². The van der Waals surface area contributed by atoms with Gasteiger partial charge in [0.05, 0.1) is 17.9 Å². The maximum absolute atomic E-state index is 12.2. The second-order valence-electron chi connectivity index (χ2n) is 4.86. The van der Waals surface area contributed by atoms with Gasteiger partial charge in [-0.1, -0.05) is 30.3 Å². The molecule has 0 aliphatic carbocycles. The Morgan fingerprint density at radius 2 is 2.00 bits per heavy atom. The fourth-order valence-electron chi connectivity index (χ4n) is 1.80. The number of nitrogens with zero attached hydrogens (tertiary/aromatic N) is 2. The van der Waals surface area contributed by atoms with Gasteiger partial charge in [-0.05, 0) is 12.0 Å². The lowest BCUT2D eigenvalue weighted by Gasteiger charge is -2.23. The molecule has 0 saturated heterocycles. The first-order chi connectivity index (χ1) is 9.83. The van der Waals surface area contributed by atoms with E-state index in [1.165, 1.54) is 4.90 Å². The van der Waals surface area contributed by atoms with Crippen molar-refractivity contribution >= 4 is 15.7 Å². The zero-order valence-electron chi connectivity index (χ0n) is 11.9. The van der Waals surface area contributed by atoms with Crippen LogP contribution in [0.25, 0.3) is 0 Å². The van der Waals surface area contributed by atoms with Crippen LogP contribution in [-0.4, -0.2) is 43.8 Å². The summed E-state index contributed by atoms with van der Waals surface area (Å²) in [6.07, 6.45) is 1.15. The van der Waals surface area contributed by atoms with Crippen LogP contribution in [-0.2, 0) is 21.2 Å². The molecule has 7 heteroatoms. The van der Waals surface area contributed by atoms with Gasteiger partial charge in [-0.25, -0.2) is 8.42 Å². The summed E-state index contributed by atoms with van der Waals surface area (Å²) in [4.78, 5) is 13.5. The van der Waals surface area contributed by atoms with Gasteiger partial charge in [0.2, 0.25) is 5.91 Å². The van der Waals surface area contributed by atoms with Crippen LogP contribution in [0.3, 0.4) is 0 Å². The van der Waals surface area contributed by atoms with Crippen molar-refractivity contribution in [1.82, 2.24) is 4.90 Å². The fraction of sp³-hybridized carbons (Fsp3) is 0.429. The highest BCUT2D eigenvalue weighted by atomic mass is 32.2. The summed E-state index contributed by atoms with van der Waals surface area (Å²) in [5.74, 6) is -0.560. The predicted octanol–water partition coefficient (Wildman–Crippen LogP) is 0.301. The number of carbonyl (C=O) groups excluding carboxylic acids is 1. The van der Waals surface area contributed by atoms with E-state index in [-0.39, 0.29) is 25.3 Å². The zero-order chi connectivity index (χ0) is 15.9. The van der Waals surface area contributed by atoms with E-state index in [9.17, 15) is 13.2 Å². The third kappa shape index (κ3) is 6.38. The first-order valence-electron chi connectivity index (χ1n) is 6.46. The summed E-state index contributed by atoms with van der Waals surface area (Å²) in [5, 5.41) is 8.82. The molecule has 0 bridgehead atoms. The summed E-state index contributed by atoms with van der Waals surface area (Å²) in [6, 6.07) is 10.2. The van der Waals surface area contributed by atoms with Crippen LogP contribution in [0.2, 0.25) is 0 Å². The molecule has 0 heterocycles. The molecule has 1 unspecified atom stereocenters. The largest absolute Gasteiger partial charge is 0.324 e. The van der Waals surface area contributed by atoms with Crippen LogP contribution >= 0.6 is 0 Å². The third-order valence-electron chi connectivity index (χ3n) is 2.91. The number of hydrogen-bond acceptors (Lipinski definition) is 5. The second kappa shape index (κ2) is 7.76. The second-order valence-corrected chi connectivity index (χ2v) is 7.12. The number of carbonyl (C=O) groups is 1. The monoisotopic (exact) mass is 309 g/mol. The highest BCUT2D eigenvalue weighted by Crippen LogP contribution is 2.07. The molecule has 1 aromatic carbocycles. The summed E-state index contributed by atoms with van der Waals surface area (Å²) >= 11 is 0. The van der Waals surface area contributed by atoms with Crippen LogP contribution in [0, 0.1) is 11.3 Å². The molecule has 0 aromatic heterocycles. The number of hydrogen-bond donors (Lipinski definition) is 1. The van der Waals surface area contributed by atoms with Gasteiger partial charge in [0.15, 0.2) is 0 Å². The number of nitriles is 1. The summed E-state index contributed by atoms with van der Waals surface area (Å²) in [5.41, 5.74) is 6.63. The van der Waals surface area contributed by atoms with Crippen molar-refractivity contribution in [3.63, 3.8) is 0 Å². The van der Waals surface area contributed by atoms with Crippen molar-refractivity contribution in [2.24, 2.45) is 5.73 Å². The van der Waals surface area contributed by atoms with Gasteiger partial charge in [-0.2, -0.15) is 5.26 Å². The molecule has 21 heavy (non-hydrogen) atoms. The Morgan fingerprint density at radius 3 is 2.52 bits per heavy atom. The van der Waals surface area contributed by atoms with E-state index in [0.717, 1.165) is 11.8 Å². The molecule has 1 atom stereocenters. The highest BCUT2D eigenvalue weighted by Gasteiger charge is 2.22. The normalized spacial score (nSPS) is 12.4. The molecule has 0 radical (unpaired) electrons. The standard InChI is InChI=1S/C14H19N3O3S/c1-21(19,20)10-7-13(16)14(18)17(9-8-15)11-12-5-3-2-4-6-12/h2-6,13H,7,9-11,16H2,1H3. The van der Waals surface area contributed by atoms with Crippen molar-refractivity contribution in [3.05, 3.63) is 35.9 Å². The molecule has 2 N–H and O–H groups in total. The van der Waals surface area contributed by atoms with Gasteiger partial charge in [0, 0.05) is 12.8 Å². The quantitative estimate of drug-likeness (QED) is 0.729. The first kappa shape index (κ1) is 17.1. The maximum Gasteiger partial charge on any atom is 0.240 e. The van der Waals surface area contributed by atoms with Gasteiger partial charge in [0.1, 0.15) is 16.4 Å². The van der Waals surface area contributed by atoms with E-state index in [0.29, 0.717) is 0 Å². The Labute approximate surface area is 125 Å². The lowest BCUT2D eigenvalue weighted by atomic mass is 10.1. The van der Waals surface area contributed by atoms with Crippen molar-refractivity contribution in [2.45, 2.75) is 19.0 Å². The molecule has 0 spiro atoms. The molecule has 0 aliphatic heterocycles. The van der Waals surface area contributed by atoms with Crippen LogP contribution in [0.1, 0.15) is 12.0 Å². The number of rotatable bonds is 7. The summed E-state index contributed by atoms with van der Waals surface area (Å²) in [6.45, 7) is 0.195.